The van der Waals surface area contributed by atoms with Gasteiger partial charge in [-0.2, -0.15) is 0 Å². The van der Waals surface area contributed by atoms with E-state index in [-0.39, 0.29) is 0 Å². The second kappa shape index (κ2) is 11.0. The standard InChI is InChI=1S/C48H30N2S/c1-3-13-31(14-4-1)32-23-26-35(27-24-32)50-42-21-11-8-19-38(42)47-44(50)30-40-37-18-9-12-22-45(37)51-48(40)46(47)33-25-28-43-39(29-33)36-17-7-10-20-41(36)49(43)34-15-5-2-6-16-34/h1-30H. The molecule has 0 aliphatic carbocycles. The summed E-state index contributed by atoms with van der Waals surface area (Å²) in [7, 11) is 0. The van der Waals surface area contributed by atoms with E-state index >= 15 is 0 Å². The van der Waals surface area contributed by atoms with E-state index < -0.39 is 0 Å². The number of aromatic nitrogens is 2. The van der Waals surface area contributed by atoms with Crippen LogP contribution in [-0.2, 0) is 0 Å². The molecular formula is C48H30N2S. The van der Waals surface area contributed by atoms with Crippen LogP contribution in [-0.4, -0.2) is 9.13 Å². The molecule has 0 aliphatic heterocycles. The Bertz CT molecular complexity index is 3110. The van der Waals surface area contributed by atoms with Crippen molar-refractivity contribution in [2.45, 2.75) is 0 Å². The molecule has 2 nitrogen and oxygen atoms in total. The normalized spacial score (nSPS) is 11.9. The number of thiophene rings is 1. The summed E-state index contributed by atoms with van der Waals surface area (Å²) in [6.07, 6.45) is 0. The predicted molar refractivity (Wildman–Crippen MR) is 219 cm³/mol. The fraction of sp³-hybridized carbons (Fsp3) is 0. The van der Waals surface area contributed by atoms with Crippen molar-refractivity contribution >= 4 is 75.1 Å². The Labute approximate surface area is 298 Å². The Balaban J connectivity index is 1.24. The van der Waals surface area contributed by atoms with Gasteiger partial charge in [0.15, 0.2) is 0 Å². The third-order valence-corrected chi connectivity index (χ3v) is 11.7. The maximum Gasteiger partial charge on any atom is 0.0554 e. The van der Waals surface area contributed by atoms with E-state index in [4.69, 9.17) is 0 Å². The van der Waals surface area contributed by atoms with E-state index in [9.17, 15) is 0 Å². The van der Waals surface area contributed by atoms with E-state index in [2.05, 4.69) is 191 Å². The van der Waals surface area contributed by atoms with Crippen LogP contribution >= 0.6 is 11.3 Å². The van der Waals surface area contributed by atoms with E-state index in [1.807, 2.05) is 11.3 Å². The topological polar surface area (TPSA) is 9.86 Å². The summed E-state index contributed by atoms with van der Waals surface area (Å²) in [5, 5.41) is 7.69. The Hall–Kier alpha value is -6.42. The largest absolute Gasteiger partial charge is 0.309 e. The molecule has 11 aromatic rings. The van der Waals surface area contributed by atoms with Gasteiger partial charge in [0, 0.05) is 58.7 Å². The van der Waals surface area contributed by atoms with E-state index in [0.29, 0.717) is 0 Å². The number of fused-ring (bicyclic) bond motifs is 9. The summed E-state index contributed by atoms with van der Waals surface area (Å²) in [5.41, 5.74) is 12.2. The molecule has 0 bridgehead atoms. The average Bonchev–Trinajstić information content (AvgIpc) is 3.85. The van der Waals surface area contributed by atoms with Crippen molar-refractivity contribution in [1.29, 1.82) is 0 Å². The van der Waals surface area contributed by atoms with Crippen LogP contribution in [0, 0.1) is 0 Å². The van der Waals surface area contributed by atoms with Crippen molar-refractivity contribution in [1.82, 2.24) is 9.13 Å². The van der Waals surface area contributed by atoms with Gasteiger partial charge in [-0.3, -0.25) is 0 Å². The minimum Gasteiger partial charge on any atom is -0.309 e. The first kappa shape index (κ1) is 28.4. The van der Waals surface area contributed by atoms with Crippen LogP contribution < -0.4 is 0 Å². The molecule has 0 aliphatic rings. The van der Waals surface area contributed by atoms with Crippen LogP contribution in [0.4, 0.5) is 0 Å². The number of hydrogen-bond acceptors (Lipinski definition) is 1. The van der Waals surface area contributed by atoms with Crippen LogP contribution in [0.1, 0.15) is 0 Å². The first-order valence-corrected chi connectivity index (χ1v) is 18.3. The highest BCUT2D eigenvalue weighted by molar-refractivity contribution is 7.26. The molecule has 0 fully saturated rings. The SMILES string of the molecule is c1ccc(-c2ccc(-n3c4ccccc4c4c(-c5ccc6c(c5)c5ccccc5n6-c5ccccc5)c5sc6ccccc6c5cc43)cc2)cc1. The monoisotopic (exact) mass is 666 g/mol. The zero-order valence-electron chi connectivity index (χ0n) is 27.6. The lowest BCUT2D eigenvalue weighted by Crippen LogP contribution is -1.94. The van der Waals surface area contributed by atoms with Gasteiger partial charge in [0.2, 0.25) is 0 Å². The second-order valence-corrected chi connectivity index (χ2v) is 14.4. The van der Waals surface area contributed by atoms with Gasteiger partial charge in [0.25, 0.3) is 0 Å². The molecule has 11 rings (SSSR count). The van der Waals surface area contributed by atoms with Gasteiger partial charge >= 0.3 is 0 Å². The van der Waals surface area contributed by atoms with Crippen molar-refractivity contribution in [3.63, 3.8) is 0 Å². The number of benzene rings is 8. The van der Waals surface area contributed by atoms with Gasteiger partial charge < -0.3 is 9.13 Å². The van der Waals surface area contributed by atoms with Gasteiger partial charge in [-0.15, -0.1) is 11.3 Å². The molecule has 0 atom stereocenters. The Morgan fingerprint density at radius 3 is 1.67 bits per heavy atom. The highest BCUT2D eigenvalue weighted by Crippen LogP contribution is 2.48. The molecule has 238 valence electrons. The first-order chi connectivity index (χ1) is 25.3. The fourth-order valence-corrected chi connectivity index (χ4v) is 9.53. The average molecular weight is 667 g/mol. The summed E-state index contributed by atoms with van der Waals surface area (Å²) in [6, 6.07) is 66.5. The van der Waals surface area contributed by atoms with Crippen LogP contribution in [0.25, 0.3) is 97.4 Å². The lowest BCUT2D eigenvalue weighted by molar-refractivity contribution is 1.18. The molecule has 0 radical (unpaired) electrons. The molecule has 3 aromatic heterocycles. The lowest BCUT2D eigenvalue weighted by atomic mass is 9.95. The zero-order valence-corrected chi connectivity index (χ0v) is 28.4. The summed E-state index contributed by atoms with van der Waals surface area (Å²) in [4.78, 5) is 0. The summed E-state index contributed by atoms with van der Waals surface area (Å²) >= 11 is 1.91. The van der Waals surface area contributed by atoms with Gasteiger partial charge in [-0.25, -0.2) is 0 Å². The molecule has 0 spiro atoms. The molecule has 8 aromatic carbocycles. The number of hydrogen-bond donors (Lipinski definition) is 0. The van der Waals surface area contributed by atoms with Gasteiger partial charge in [-0.1, -0.05) is 121 Å². The van der Waals surface area contributed by atoms with E-state index in [1.54, 1.807) is 0 Å². The highest BCUT2D eigenvalue weighted by Gasteiger charge is 2.23. The van der Waals surface area contributed by atoms with Crippen LogP contribution in [0.2, 0.25) is 0 Å². The fourth-order valence-electron chi connectivity index (χ4n) is 8.27. The third kappa shape index (κ3) is 4.22. The van der Waals surface area contributed by atoms with Crippen molar-refractivity contribution in [3.8, 4) is 33.6 Å². The molecular weight excluding hydrogens is 637 g/mol. The van der Waals surface area contributed by atoms with E-state index in [0.717, 1.165) is 5.69 Å². The predicted octanol–water partition coefficient (Wildman–Crippen LogP) is 13.6. The minimum atomic E-state index is 1.16. The Morgan fingerprint density at radius 1 is 0.333 bits per heavy atom. The quantitative estimate of drug-likeness (QED) is 0.177. The molecule has 0 amide bonds. The highest BCUT2D eigenvalue weighted by atomic mass is 32.1. The first-order valence-electron chi connectivity index (χ1n) is 17.4. The van der Waals surface area contributed by atoms with Gasteiger partial charge in [0.05, 0.1) is 22.1 Å². The number of rotatable bonds is 4. The molecule has 0 unspecified atom stereocenters. The van der Waals surface area contributed by atoms with E-state index in [1.165, 1.54) is 91.7 Å². The Morgan fingerprint density at radius 2 is 0.882 bits per heavy atom. The van der Waals surface area contributed by atoms with Crippen molar-refractivity contribution in [2.24, 2.45) is 0 Å². The number of nitrogens with zero attached hydrogens (tertiary/aromatic N) is 2. The number of para-hydroxylation sites is 3. The molecule has 3 heteroatoms. The lowest BCUT2D eigenvalue weighted by Gasteiger charge is -2.12. The summed E-state index contributed by atoms with van der Waals surface area (Å²) in [6.45, 7) is 0. The minimum absolute atomic E-state index is 1.16. The Kier molecular flexibility index (Phi) is 6.16. The maximum absolute atomic E-state index is 2.47. The molecule has 0 saturated heterocycles. The van der Waals surface area contributed by atoms with Crippen molar-refractivity contribution < 1.29 is 0 Å². The summed E-state index contributed by atoms with van der Waals surface area (Å²) in [5.74, 6) is 0. The van der Waals surface area contributed by atoms with Gasteiger partial charge in [0.1, 0.15) is 0 Å². The molecule has 51 heavy (non-hydrogen) atoms. The van der Waals surface area contributed by atoms with Crippen LogP contribution in [0.15, 0.2) is 182 Å². The van der Waals surface area contributed by atoms with Gasteiger partial charge in [-0.05, 0) is 77.4 Å². The second-order valence-electron chi connectivity index (χ2n) is 13.3. The molecule has 0 N–H and O–H groups in total. The zero-order chi connectivity index (χ0) is 33.5. The smallest absolute Gasteiger partial charge is 0.0554 e. The molecule has 0 saturated carbocycles. The van der Waals surface area contributed by atoms with Crippen molar-refractivity contribution in [2.75, 3.05) is 0 Å². The van der Waals surface area contributed by atoms with Crippen molar-refractivity contribution in [3.05, 3.63) is 182 Å². The maximum atomic E-state index is 2.47. The molecule has 3 heterocycles. The van der Waals surface area contributed by atoms with Crippen LogP contribution in [0.5, 0.6) is 0 Å². The summed E-state index contributed by atoms with van der Waals surface area (Å²) < 4.78 is 7.51. The third-order valence-electron chi connectivity index (χ3n) is 10.5. The van der Waals surface area contributed by atoms with Crippen LogP contribution in [0.3, 0.4) is 0 Å².